The zero-order valence-corrected chi connectivity index (χ0v) is 14.1. The molecule has 0 aromatic heterocycles. The molecule has 1 unspecified atom stereocenters. The van der Waals surface area contributed by atoms with Crippen molar-refractivity contribution in [3.63, 3.8) is 0 Å². The van der Waals surface area contributed by atoms with Gasteiger partial charge in [-0.2, -0.15) is 0 Å². The van der Waals surface area contributed by atoms with Crippen molar-refractivity contribution >= 4 is 31.9 Å². The van der Waals surface area contributed by atoms with Gasteiger partial charge < -0.3 is 4.74 Å². The first-order valence-corrected chi connectivity index (χ1v) is 7.58. The third-order valence-electron chi connectivity index (χ3n) is 3.04. The molecule has 0 amide bonds. The molecule has 1 atom stereocenters. The van der Waals surface area contributed by atoms with Crippen molar-refractivity contribution in [2.45, 2.75) is 11.8 Å². The molecule has 1 nitrogen and oxygen atoms in total. The molecule has 2 aromatic rings. The van der Waals surface area contributed by atoms with Gasteiger partial charge in [0.15, 0.2) is 0 Å². The Hall–Kier alpha value is -0.940. The van der Waals surface area contributed by atoms with E-state index >= 15 is 0 Å². The fourth-order valence-electron chi connectivity index (χ4n) is 1.95. The van der Waals surface area contributed by atoms with E-state index in [9.17, 15) is 8.78 Å². The van der Waals surface area contributed by atoms with Crippen LogP contribution in [0.1, 0.15) is 21.5 Å². The number of alkyl halides is 1. The third kappa shape index (κ3) is 2.88. The summed E-state index contributed by atoms with van der Waals surface area (Å²) in [4.78, 5) is -0.629. The van der Waals surface area contributed by atoms with Gasteiger partial charge in [0.2, 0.25) is 0 Å². The normalized spacial score (nSPS) is 12.3. The SMILES string of the molecule is COc1cc(C)c(Br)cc1C(Br)c1c(F)cccc1F. The van der Waals surface area contributed by atoms with Gasteiger partial charge in [0.05, 0.1) is 11.9 Å². The summed E-state index contributed by atoms with van der Waals surface area (Å²) in [5.41, 5.74) is 1.62. The lowest BCUT2D eigenvalue weighted by atomic mass is 10.0. The van der Waals surface area contributed by atoms with Crippen LogP contribution in [0.5, 0.6) is 5.75 Å². The summed E-state index contributed by atoms with van der Waals surface area (Å²) in [6, 6.07) is 7.45. The van der Waals surface area contributed by atoms with Crippen molar-refractivity contribution in [1.29, 1.82) is 0 Å². The molecular weight excluding hydrogens is 394 g/mol. The molecule has 0 aliphatic carbocycles. The first kappa shape index (κ1) is 15.4. The van der Waals surface area contributed by atoms with E-state index in [1.165, 1.54) is 25.3 Å². The summed E-state index contributed by atoms with van der Waals surface area (Å²) in [7, 11) is 1.53. The molecule has 5 heteroatoms. The van der Waals surface area contributed by atoms with Crippen LogP contribution in [0.4, 0.5) is 8.78 Å². The highest BCUT2D eigenvalue weighted by atomic mass is 79.9. The minimum absolute atomic E-state index is 0.0263. The lowest BCUT2D eigenvalue weighted by molar-refractivity contribution is 0.409. The molecule has 0 bridgehead atoms. The molecule has 2 rings (SSSR count). The summed E-state index contributed by atoms with van der Waals surface area (Å²) in [5.74, 6) is -0.605. The molecule has 0 heterocycles. The molecule has 0 aliphatic heterocycles. The molecule has 106 valence electrons. The van der Waals surface area contributed by atoms with Crippen LogP contribution in [0.25, 0.3) is 0 Å². The van der Waals surface area contributed by atoms with Crippen LogP contribution in [0.2, 0.25) is 0 Å². The maximum atomic E-state index is 13.9. The molecule has 2 aromatic carbocycles. The zero-order chi connectivity index (χ0) is 14.9. The molecule has 0 fully saturated rings. The zero-order valence-electron chi connectivity index (χ0n) is 10.9. The third-order valence-corrected chi connectivity index (χ3v) is 4.84. The molecule has 0 aliphatic rings. The van der Waals surface area contributed by atoms with Gasteiger partial charge in [-0.3, -0.25) is 0 Å². The van der Waals surface area contributed by atoms with Crippen molar-refractivity contribution in [2.24, 2.45) is 0 Å². The topological polar surface area (TPSA) is 9.23 Å². The van der Waals surface area contributed by atoms with Crippen LogP contribution >= 0.6 is 31.9 Å². The van der Waals surface area contributed by atoms with E-state index in [2.05, 4.69) is 31.9 Å². The number of aryl methyl sites for hydroxylation is 1. The average molecular weight is 406 g/mol. The number of halogens is 4. The average Bonchev–Trinajstić information content (AvgIpc) is 2.41. The maximum Gasteiger partial charge on any atom is 0.130 e. The number of hydrogen-bond acceptors (Lipinski definition) is 1. The number of hydrogen-bond donors (Lipinski definition) is 0. The molecule has 0 N–H and O–H groups in total. The smallest absolute Gasteiger partial charge is 0.130 e. The second kappa shape index (κ2) is 6.22. The second-order valence-electron chi connectivity index (χ2n) is 4.34. The Morgan fingerprint density at radius 2 is 1.75 bits per heavy atom. The number of rotatable bonds is 3. The van der Waals surface area contributed by atoms with Crippen LogP contribution in [0.15, 0.2) is 34.8 Å². The minimum atomic E-state index is -0.629. The lowest BCUT2D eigenvalue weighted by Crippen LogP contribution is -2.03. The lowest BCUT2D eigenvalue weighted by Gasteiger charge is -2.17. The number of benzene rings is 2. The van der Waals surface area contributed by atoms with Gasteiger partial charge in [0, 0.05) is 15.6 Å². The first-order valence-electron chi connectivity index (χ1n) is 5.87. The van der Waals surface area contributed by atoms with Crippen LogP contribution in [0, 0.1) is 18.6 Å². The summed E-state index contributed by atoms with van der Waals surface area (Å²) >= 11 is 6.79. The molecule has 20 heavy (non-hydrogen) atoms. The second-order valence-corrected chi connectivity index (χ2v) is 6.11. The summed E-state index contributed by atoms with van der Waals surface area (Å²) in [6.45, 7) is 1.92. The molecule has 0 saturated carbocycles. The van der Waals surface area contributed by atoms with Crippen molar-refractivity contribution in [2.75, 3.05) is 7.11 Å². The Morgan fingerprint density at radius 3 is 2.30 bits per heavy atom. The molecular formula is C15H12Br2F2O. The van der Waals surface area contributed by atoms with Crippen LogP contribution in [-0.2, 0) is 0 Å². The Morgan fingerprint density at radius 1 is 1.15 bits per heavy atom. The van der Waals surface area contributed by atoms with E-state index in [0.29, 0.717) is 11.3 Å². The van der Waals surface area contributed by atoms with Gasteiger partial charge in [-0.25, -0.2) is 8.78 Å². The Balaban J connectivity index is 2.59. The molecule has 0 spiro atoms. The highest BCUT2D eigenvalue weighted by Crippen LogP contribution is 2.41. The number of ether oxygens (including phenoxy) is 1. The van der Waals surface area contributed by atoms with E-state index in [1.807, 2.05) is 13.0 Å². The van der Waals surface area contributed by atoms with Gasteiger partial charge in [-0.05, 0) is 36.8 Å². The monoisotopic (exact) mass is 404 g/mol. The van der Waals surface area contributed by atoms with E-state index in [0.717, 1.165) is 10.0 Å². The van der Waals surface area contributed by atoms with E-state index in [4.69, 9.17) is 4.74 Å². The summed E-state index contributed by atoms with van der Waals surface area (Å²) in [6.07, 6.45) is 0. The summed E-state index contributed by atoms with van der Waals surface area (Å²) < 4.78 is 33.9. The van der Waals surface area contributed by atoms with Crippen LogP contribution < -0.4 is 4.74 Å². The fraction of sp³-hybridized carbons (Fsp3) is 0.200. The van der Waals surface area contributed by atoms with Crippen molar-refractivity contribution < 1.29 is 13.5 Å². The Bertz CT molecular complexity index is 624. The first-order chi connectivity index (χ1) is 9.45. The van der Waals surface area contributed by atoms with Gasteiger partial charge in [0.1, 0.15) is 17.4 Å². The predicted molar refractivity (Wildman–Crippen MR) is 82.6 cm³/mol. The van der Waals surface area contributed by atoms with Gasteiger partial charge in [-0.1, -0.05) is 37.9 Å². The van der Waals surface area contributed by atoms with Crippen LogP contribution in [0.3, 0.4) is 0 Å². The van der Waals surface area contributed by atoms with E-state index in [1.54, 1.807) is 6.07 Å². The van der Waals surface area contributed by atoms with Crippen LogP contribution in [-0.4, -0.2) is 7.11 Å². The summed E-state index contributed by atoms with van der Waals surface area (Å²) in [5, 5.41) is 0. The Kier molecular flexibility index (Phi) is 4.81. The quantitative estimate of drug-likeness (QED) is 0.610. The van der Waals surface area contributed by atoms with Crippen molar-refractivity contribution in [3.05, 3.63) is 63.1 Å². The molecule has 0 saturated heterocycles. The minimum Gasteiger partial charge on any atom is -0.496 e. The Labute approximate surface area is 133 Å². The fourth-order valence-corrected chi connectivity index (χ4v) is 3.11. The highest BCUT2D eigenvalue weighted by Gasteiger charge is 2.23. The van der Waals surface area contributed by atoms with Crippen molar-refractivity contribution in [3.8, 4) is 5.75 Å². The standard InChI is InChI=1S/C15H12Br2F2O/c1-8-6-13(20-2)9(7-10(8)16)15(17)14-11(18)4-3-5-12(14)19/h3-7,15H,1-2H3. The molecule has 0 radical (unpaired) electrons. The van der Waals surface area contributed by atoms with E-state index < -0.39 is 16.5 Å². The largest absolute Gasteiger partial charge is 0.496 e. The highest BCUT2D eigenvalue weighted by molar-refractivity contribution is 9.10. The van der Waals surface area contributed by atoms with Gasteiger partial charge in [0.25, 0.3) is 0 Å². The maximum absolute atomic E-state index is 13.9. The van der Waals surface area contributed by atoms with E-state index in [-0.39, 0.29) is 5.56 Å². The van der Waals surface area contributed by atoms with Gasteiger partial charge in [-0.15, -0.1) is 0 Å². The predicted octanol–water partition coefficient (Wildman–Crippen LogP) is 5.53. The van der Waals surface area contributed by atoms with Crippen molar-refractivity contribution in [1.82, 2.24) is 0 Å². The number of methoxy groups -OCH3 is 1. The van der Waals surface area contributed by atoms with Gasteiger partial charge >= 0.3 is 0 Å².